The van der Waals surface area contributed by atoms with E-state index >= 15 is 0 Å². The summed E-state index contributed by atoms with van der Waals surface area (Å²) in [4.78, 5) is 28.0. The van der Waals surface area contributed by atoms with Crippen LogP contribution >= 0.6 is 27.5 Å². The fourth-order valence-electron chi connectivity index (χ4n) is 3.29. The van der Waals surface area contributed by atoms with Gasteiger partial charge in [-0.15, -0.1) is 0 Å². The zero-order valence-electron chi connectivity index (χ0n) is 13.3. The Balaban J connectivity index is 2.41. The van der Waals surface area contributed by atoms with Gasteiger partial charge in [0.05, 0.1) is 28.1 Å². The SMILES string of the molecule is COC(=O)C1(c2c([N+](=O)[O-])cnc3cc(Cl)c(Br)cc23)CCOCC1. The van der Waals surface area contributed by atoms with E-state index in [2.05, 4.69) is 20.9 Å². The minimum atomic E-state index is -1.16. The zero-order chi connectivity index (χ0) is 18.2. The third kappa shape index (κ3) is 2.98. The highest BCUT2D eigenvalue weighted by Gasteiger charge is 2.48. The molecule has 0 spiro atoms. The van der Waals surface area contributed by atoms with Gasteiger partial charge in [0, 0.05) is 23.1 Å². The molecule has 0 radical (unpaired) electrons. The molecule has 1 aliphatic heterocycles. The van der Waals surface area contributed by atoms with Crippen LogP contribution in [0.2, 0.25) is 5.02 Å². The predicted molar refractivity (Wildman–Crippen MR) is 94.9 cm³/mol. The number of fused-ring (bicyclic) bond motifs is 1. The van der Waals surface area contributed by atoms with Gasteiger partial charge >= 0.3 is 5.97 Å². The van der Waals surface area contributed by atoms with E-state index in [9.17, 15) is 14.9 Å². The minimum absolute atomic E-state index is 0.214. The lowest BCUT2D eigenvalue weighted by molar-refractivity contribution is -0.386. The number of carbonyl (C=O) groups is 1. The van der Waals surface area contributed by atoms with Crippen LogP contribution in [0.3, 0.4) is 0 Å². The van der Waals surface area contributed by atoms with Crippen LogP contribution in [0.4, 0.5) is 5.69 Å². The van der Waals surface area contributed by atoms with Crippen LogP contribution in [-0.4, -0.2) is 36.2 Å². The molecule has 132 valence electrons. The molecule has 0 unspecified atom stereocenters. The van der Waals surface area contributed by atoms with Crippen LogP contribution in [0.1, 0.15) is 18.4 Å². The van der Waals surface area contributed by atoms with Crippen LogP contribution in [0.25, 0.3) is 10.9 Å². The number of esters is 1. The van der Waals surface area contributed by atoms with E-state index in [0.29, 0.717) is 52.0 Å². The average molecular weight is 430 g/mol. The maximum Gasteiger partial charge on any atom is 0.316 e. The second-order valence-corrected chi connectivity index (χ2v) is 7.01. The fraction of sp³-hybridized carbons (Fsp3) is 0.375. The number of nitro groups is 1. The number of methoxy groups -OCH3 is 1. The number of halogens is 2. The van der Waals surface area contributed by atoms with Crippen molar-refractivity contribution >= 4 is 50.1 Å². The van der Waals surface area contributed by atoms with Crippen molar-refractivity contribution in [3.8, 4) is 0 Å². The highest BCUT2D eigenvalue weighted by molar-refractivity contribution is 9.10. The highest BCUT2D eigenvalue weighted by Crippen LogP contribution is 2.45. The van der Waals surface area contributed by atoms with E-state index in [4.69, 9.17) is 21.1 Å². The summed E-state index contributed by atoms with van der Waals surface area (Å²) < 4.78 is 10.9. The second kappa shape index (κ2) is 6.86. The number of carbonyl (C=O) groups excluding carboxylic acids is 1. The molecule has 0 amide bonds. The quantitative estimate of drug-likeness (QED) is 0.419. The van der Waals surface area contributed by atoms with Crippen LogP contribution in [0.5, 0.6) is 0 Å². The van der Waals surface area contributed by atoms with Gasteiger partial charge in [-0.25, -0.2) is 4.98 Å². The Labute approximate surface area is 156 Å². The van der Waals surface area contributed by atoms with E-state index in [1.807, 2.05) is 0 Å². The Hall–Kier alpha value is -1.77. The first-order valence-corrected chi connectivity index (χ1v) is 8.66. The first-order chi connectivity index (χ1) is 11.9. The molecule has 0 aliphatic carbocycles. The van der Waals surface area contributed by atoms with Gasteiger partial charge in [-0.2, -0.15) is 0 Å². The first-order valence-electron chi connectivity index (χ1n) is 7.49. The molecule has 9 heteroatoms. The molecule has 0 N–H and O–H groups in total. The number of rotatable bonds is 3. The Morgan fingerprint density at radius 1 is 1.44 bits per heavy atom. The maximum absolute atomic E-state index is 12.7. The molecule has 0 saturated carbocycles. The van der Waals surface area contributed by atoms with E-state index in [1.54, 1.807) is 12.1 Å². The van der Waals surface area contributed by atoms with E-state index < -0.39 is 16.3 Å². The number of ether oxygens (including phenoxy) is 2. The van der Waals surface area contributed by atoms with Crippen molar-refractivity contribution in [1.82, 2.24) is 4.98 Å². The predicted octanol–water partition coefficient (Wildman–Crippen LogP) is 3.78. The molecular formula is C16H14BrClN2O5. The van der Waals surface area contributed by atoms with Gasteiger partial charge < -0.3 is 9.47 Å². The van der Waals surface area contributed by atoms with E-state index in [1.165, 1.54) is 13.3 Å². The lowest BCUT2D eigenvalue weighted by Gasteiger charge is -2.35. The molecule has 1 saturated heterocycles. The third-order valence-corrected chi connectivity index (χ3v) is 5.68. The minimum Gasteiger partial charge on any atom is -0.468 e. The molecule has 2 aromatic rings. The van der Waals surface area contributed by atoms with Crippen LogP contribution < -0.4 is 0 Å². The van der Waals surface area contributed by atoms with Gasteiger partial charge in [0.15, 0.2) is 0 Å². The largest absolute Gasteiger partial charge is 0.468 e. The average Bonchev–Trinajstić information content (AvgIpc) is 2.61. The van der Waals surface area contributed by atoms with Gasteiger partial charge in [-0.05, 0) is 40.9 Å². The number of aromatic nitrogens is 1. The molecule has 7 nitrogen and oxygen atoms in total. The monoisotopic (exact) mass is 428 g/mol. The zero-order valence-corrected chi connectivity index (χ0v) is 15.6. The molecule has 1 aromatic carbocycles. The van der Waals surface area contributed by atoms with Crippen LogP contribution in [-0.2, 0) is 19.7 Å². The Morgan fingerprint density at radius 3 is 2.72 bits per heavy atom. The Morgan fingerprint density at radius 2 is 2.12 bits per heavy atom. The molecule has 0 atom stereocenters. The Bertz CT molecular complexity index is 867. The lowest BCUT2D eigenvalue weighted by atomic mass is 9.72. The summed E-state index contributed by atoms with van der Waals surface area (Å²) in [5, 5.41) is 12.6. The molecule has 1 aliphatic rings. The molecule has 1 aromatic heterocycles. The molecule has 0 bridgehead atoms. The topological polar surface area (TPSA) is 91.6 Å². The second-order valence-electron chi connectivity index (χ2n) is 5.75. The number of benzene rings is 1. The molecule has 25 heavy (non-hydrogen) atoms. The summed E-state index contributed by atoms with van der Waals surface area (Å²) in [7, 11) is 1.28. The van der Waals surface area contributed by atoms with Crippen molar-refractivity contribution in [2.45, 2.75) is 18.3 Å². The van der Waals surface area contributed by atoms with Crippen molar-refractivity contribution in [2.75, 3.05) is 20.3 Å². The van der Waals surface area contributed by atoms with Gasteiger partial charge in [-0.1, -0.05) is 11.6 Å². The molecule has 1 fully saturated rings. The normalized spacial score (nSPS) is 16.6. The molecular weight excluding hydrogens is 416 g/mol. The first kappa shape index (κ1) is 18.0. The maximum atomic E-state index is 12.7. The van der Waals surface area contributed by atoms with Crippen LogP contribution in [0, 0.1) is 10.1 Å². The number of nitrogens with zero attached hydrogens (tertiary/aromatic N) is 2. The van der Waals surface area contributed by atoms with Gasteiger partial charge in [0.2, 0.25) is 0 Å². The number of hydrogen-bond donors (Lipinski definition) is 0. The van der Waals surface area contributed by atoms with Crippen molar-refractivity contribution in [3.63, 3.8) is 0 Å². The van der Waals surface area contributed by atoms with Gasteiger partial charge in [0.1, 0.15) is 11.6 Å². The van der Waals surface area contributed by atoms with E-state index in [-0.39, 0.29) is 5.69 Å². The summed E-state index contributed by atoms with van der Waals surface area (Å²) in [5.74, 6) is -0.516. The summed E-state index contributed by atoms with van der Waals surface area (Å²) in [5.41, 5.74) is -0.600. The summed E-state index contributed by atoms with van der Waals surface area (Å²) in [6, 6.07) is 3.27. The van der Waals surface area contributed by atoms with Gasteiger partial charge in [0.25, 0.3) is 5.69 Å². The van der Waals surface area contributed by atoms with Crippen LogP contribution in [0.15, 0.2) is 22.8 Å². The molecule has 3 rings (SSSR count). The third-order valence-electron chi connectivity index (χ3n) is 4.49. The Kier molecular flexibility index (Phi) is 4.95. The smallest absolute Gasteiger partial charge is 0.316 e. The number of hydrogen-bond acceptors (Lipinski definition) is 6. The summed E-state index contributed by atoms with van der Waals surface area (Å²) >= 11 is 9.46. The summed E-state index contributed by atoms with van der Waals surface area (Å²) in [6.07, 6.45) is 1.75. The highest BCUT2D eigenvalue weighted by atomic mass is 79.9. The van der Waals surface area contributed by atoms with Crippen molar-refractivity contribution in [3.05, 3.63) is 43.5 Å². The van der Waals surface area contributed by atoms with Crippen molar-refractivity contribution in [2.24, 2.45) is 0 Å². The summed E-state index contributed by atoms with van der Waals surface area (Å²) in [6.45, 7) is 0.621. The van der Waals surface area contributed by atoms with Gasteiger partial charge in [-0.3, -0.25) is 14.9 Å². The molecule has 2 heterocycles. The standard InChI is InChI=1S/C16H14BrClN2O5/c1-24-15(21)16(2-4-25-5-3-16)14-9-6-10(17)11(18)7-12(9)19-8-13(14)20(22)23/h6-8H,2-5H2,1H3. The fourth-order valence-corrected chi connectivity index (χ4v) is 3.79. The van der Waals surface area contributed by atoms with Crippen molar-refractivity contribution in [1.29, 1.82) is 0 Å². The lowest BCUT2D eigenvalue weighted by Crippen LogP contribution is -2.42. The number of pyridine rings is 1. The van der Waals surface area contributed by atoms with E-state index in [0.717, 1.165) is 0 Å². The van der Waals surface area contributed by atoms with Crippen molar-refractivity contribution < 1.29 is 19.2 Å².